The van der Waals surface area contributed by atoms with Gasteiger partial charge in [0.1, 0.15) is 11.5 Å². The Morgan fingerprint density at radius 1 is 1.00 bits per heavy atom. The first-order chi connectivity index (χ1) is 9.78. The van der Waals surface area contributed by atoms with Crippen molar-refractivity contribution in [2.45, 2.75) is 19.4 Å². The van der Waals surface area contributed by atoms with Crippen LogP contribution in [0.25, 0.3) is 0 Å². The minimum Gasteiger partial charge on any atom is -0.497 e. The maximum Gasteiger partial charge on any atom is 0.124 e. The van der Waals surface area contributed by atoms with Gasteiger partial charge in [-0.25, -0.2) is 0 Å². The van der Waals surface area contributed by atoms with Crippen molar-refractivity contribution in [1.29, 1.82) is 0 Å². The molecule has 3 nitrogen and oxygen atoms in total. The summed E-state index contributed by atoms with van der Waals surface area (Å²) in [5.41, 5.74) is 2.21. The van der Waals surface area contributed by atoms with Gasteiger partial charge in [-0.05, 0) is 24.6 Å². The average Bonchev–Trinajstić information content (AvgIpc) is 2.52. The molecular formula is C17H21NO2. The molecule has 3 heteroatoms. The molecule has 0 amide bonds. The highest BCUT2D eigenvalue weighted by Crippen LogP contribution is 2.30. The van der Waals surface area contributed by atoms with Crippen molar-refractivity contribution in [2.75, 3.05) is 19.5 Å². The molecule has 0 heterocycles. The van der Waals surface area contributed by atoms with E-state index in [-0.39, 0.29) is 6.04 Å². The van der Waals surface area contributed by atoms with Gasteiger partial charge in [0, 0.05) is 17.3 Å². The molecule has 1 atom stereocenters. The number of hydrogen-bond acceptors (Lipinski definition) is 3. The van der Waals surface area contributed by atoms with Crippen molar-refractivity contribution in [1.82, 2.24) is 0 Å². The van der Waals surface area contributed by atoms with Gasteiger partial charge in [0.25, 0.3) is 0 Å². The molecule has 0 aliphatic carbocycles. The third kappa shape index (κ3) is 3.23. The molecule has 0 radical (unpaired) electrons. The molecule has 0 aliphatic heterocycles. The molecule has 106 valence electrons. The number of anilines is 1. The summed E-state index contributed by atoms with van der Waals surface area (Å²) < 4.78 is 10.7. The van der Waals surface area contributed by atoms with Crippen LogP contribution in [0, 0.1) is 0 Å². The Kier molecular flexibility index (Phi) is 4.88. The number of nitrogens with one attached hydrogen (secondary N) is 1. The van der Waals surface area contributed by atoms with E-state index in [2.05, 4.69) is 18.3 Å². The minimum atomic E-state index is 0.207. The van der Waals surface area contributed by atoms with Crippen LogP contribution in [0.4, 0.5) is 5.69 Å². The quantitative estimate of drug-likeness (QED) is 0.851. The number of methoxy groups -OCH3 is 2. The first-order valence-corrected chi connectivity index (χ1v) is 6.82. The van der Waals surface area contributed by atoms with E-state index < -0.39 is 0 Å². The van der Waals surface area contributed by atoms with E-state index in [1.54, 1.807) is 14.2 Å². The molecule has 20 heavy (non-hydrogen) atoms. The number of benzene rings is 2. The molecule has 0 saturated heterocycles. The highest BCUT2D eigenvalue weighted by atomic mass is 16.5. The SMILES string of the molecule is CCC(Nc1cccc(OC)c1)c1ccccc1OC. The standard InChI is InChI=1S/C17H21NO2/c1-4-16(15-10-5-6-11-17(15)20-3)18-13-8-7-9-14(12-13)19-2/h5-12,16,18H,4H2,1-3H3. The van der Waals surface area contributed by atoms with Crippen LogP contribution in [0.1, 0.15) is 24.9 Å². The fourth-order valence-electron chi connectivity index (χ4n) is 2.27. The van der Waals surface area contributed by atoms with Crippen molar-refractivity contribution < 1.29 is 9.47 Å². The molecule has 1 N–H and O–H groups in total. The van der Waals surface area contributed by atoms with E-state index in [1.807, 2.05) is 42.5 Å². The van der Waals surface area contributed by atoms with Crippen molar-refractivity contribution in [3.05, 3.63) is 54.1 Å². The Morgan fingerprint density at radius 2 is 1.80 bits per heavy atom. The van der Waals surface area contributed by atoms with E-state index in [0.717, 1.165) is 23.6 Å². The molecule has 0 spiro atoms. The highest BCUT2D eigenvalue weighted by Gasteiger charge is 2.13. The Morgan fingerprint density at radius 3 is 2.50 bits per heavy atom. The van der Waals surface area contributed by atoms with Gasteiger partial charge in [-0.3, -0.25) is 0 Å². The van der Waals surface area contributed by atoms with Crippen LogP contribution in [0.15, 0.2) is 48.5 Å². The first kappa shape index (κ1) is 14.3. The van der Waals surface area contributed by atoms with Gasteiger partial charge in [-0.1, -0.05) is 31.2 Å². The van der Waals surface area contributed by atoms with Crippen molar-refractivity contribution >= 4 is 5.69 Å². The van der Waals surface area contributed by atoms with E-state index in [4.69, 9.17) is 9.47 Å². The summed E-state index contributed by atoms with van der Waals surface area (Å²) in [6, 6.07) is 16.3. The summed E-state index contributed by atoms with van der Waals surface area (Å²) in [5, 5.41) is 3.53. The number of hydrogen-bond donors (Lipinski definition) is 1. The zero-order valence-electron chi connectivity index (χ0n) is 12.2. The normalized spacial score (nSPS) is 11.8. The largest absolute Gasteiger partial charge is 0.497 e. The topological polar surface area (TPSA) is 30.5 Å². The van der Waals surface area contributed by atoms with E-state index >= 15 is 0 Å². The van der Waals surface area contributed by atoms with E-state index in [0.29, 0.717) is 0 Å². The van der Waals surface area contributed by atoms with Gasteiger partial charge in [-0.2, -0.15) is 0 Å². The van der Waals surface area contributed by atoms with E-state index in [9.17, 15) is 0 Å². The number of para-hydroxylation sites is 1. The van der Waals surface area contributed by atoms with Crippen molar-refractivity contribution in [2.24, 2.45) is 0 Å². The van der Waals surface area contributed by atoms with Gasteiger partial charge in [0.2, 0.25) is 0 Å². The zero-order chi connectivity index (χ0) is 14.4. The summed E-state index contributed by atoms with van der Waals surface area (Å²) in [6.45, 7) is 2.16. The molecule has 1 unspecified atom stereocenters. The fraction of sp³-hybridized carbons (Fsp3) is 0.294. The highest BCUT2D eigenvalue weighted by molar-refractivity contribution is 5.51. The molecular weight excluding hydrogens is 250 g/mol. The number of ether oxygens (including phenoxy) is 2. The smallest absolute Gasteiger partial charge is 0.124 e. The summed E-state index contributed by atoms with van der Waals surface area (Å²) in [7, 11) is 3.38. The summed E-state index contributed by atoms with van der Waals surface area (Å²) >= 11 is 0. The Bertz CT molecular complexity index is 554. The van der Waals surface area contributed by atoms with Crippen LogP contribution < -0.4 is 14.8 Å². The van der Waals surface area contributed by atoms with Gasteiger partial charge in [-0.15, -0.1) is 0 Å². The van der Waals surface area contributed by atoms with Crippen LogP contribution in [0.2, 0.25) is 0 Å². The third-order valence-corrected chi connectivity index (χ3v) is 3.33. The molecule has 0 aromatic heterocycles. The molecule has 0 fully saturated rings. The third-order valence-electron chi connectivity index (χ3n) is 3.33. The lowest BCUT2D eigenvalue weighted by atomic mass is 10.0. The lowest BCUT2D eigenvalue weighted by Gasteiger charge is -2.21. The molecule has 0 aliphatic rings. The maximum absolute atomic E-state index is 5.45. The van der Waals surface area contributed by atoms with Crippen LogP contribution in [-0.4, -0.2) is 14.2 Å². The molecule has 2 aromatic carbocycles. The van der Waals surface area contributed by atoms with Gasteiger partial charge in [0.05, 0.1) is 20.3 Å². The summed E-state index contributed by atoms with van der Waals surface area (Å²) in [5.74, 6) is 1.76. The monoisotopic (exact) mass is 271 g/mol. The minimum absolute atomic E-state index is 0.207. The lowest BCUT2D eigenvalue weighted by molar-refractivity contribution is 0.406. The second kappa shape index (κ2) is 6.85. The van der Waals surface area contributed by atoms with Gasteiger partial charge >= 0.3 is 0 Å². The van der Waals surface area contributed by atoms with Crippen molar-refractivity contribution in [3.8, 4) is 11.5 Å². The molecule has 2 aromatic rings. The number of rotatable bonds is 6. The van der Waals surface area contributed by atoms with Crippen LogP contribution in [0.5, 0.6) is 11.5 Å². The van der Waals surface area contributed by atoms with E-state index in [1.165, 1.54) is 5.56 Å². The van der Waals surface area contributed by atoms with Crippen LogP contribution >= 0.6 is 0 Å². The predicted octanol–water partition coefficient (Wildman–Crippen LogP) is 4.27. The first-order valence-electron chi connectivity index (χ1n) is 6.82. The summed E-state index contributed by atoms with van der Waals surface area (Å²) in [4.78, 5) is 0. The van der Waals surface area contributed by atoms with Crippen LogP contribution in [-0.2, 0) is 0 Å². The zero-order valence-corrected chi connectivity index (χ0v) is 12.2. The maximum atomic E-state index is 5.45. The second-order valence-electron chi connectivity index (χ2n) is 4.58. The molecule has 0 bridgehead atoms. The second-order valence-corrected chi connectivity index (χ2v) is 4.58. The Hall–Kier alpha value is -2.16. The Balaban J connectivity index is 2.24. The fourth-order valence-corrected chi connectivity index (χ4v) is 2.27. The Labute approximate surface area is 120 Å². The van der Waals surface area contributed by atoms with Gasteiger partial charge in [0.15, 0.2) is 0 Å². The molecule has 0 saturated carbocycles. The van der Waals surface area contributed by atoms with Crippen LogP contribution in [0.3, 0.4) is 0 Å². The average molecular weight is 271 g/mol. The van der Waals surface area contributed by atoms with Gasteiger partial charge < -0.3 is 14.8 Å². The molecule has 2 rings (SSSR count). The predicted molar refractivity (Wildman–Crippen MR) is 82.6 cm³/mol. The van der Waals surface area contributed by atoms with Crippen molar-refractivity contribution in [3.63, 3.8) is 0 Å². The lowest BCUT2D eigenvalue weighted by Crippen LogP contribution is -2.11. The summed E-state index contributed by atoms with van der Waals surface area (Å²) in [6.07, 6.45) is 0.970.